The van der Waals surface area contributed by atoms with Crippen LogP contribution in [0.5, 0.6) is 5.75 Å². The third-order valence-electron chi connectivity index (χ3n) is 6.77. The second-order valence-corrected chi connectivity index (χ2v) is 12.6. The predicted molar refractivity (Wildman–Crippen MR) is 168 cm³/mol. The molecular weight excluding hydrogens is 597 g/mol. The number of anilines is 1. The van der Waals surface area contributed by atoms with E-state index in [9.17, 15) is 18.0 Å². The number of carbonyl (C=O) groups is 2. The summed E-state index contributed by atoms with van der Waals surface area (Å²) >= 11 is 12.7. The molecule has 0 bridgehead atoms. The van der Waals surface area contributed by atoms with Crippen LogP contribution in [0.25, 0.3) is 0 Å². The number of nitrogens with one attached hydrogen (secondary N) is 1. The lowest BCUT2D eigenvalue weighted by Crippen LogP contribution is -2.52. The number of halogens is 2. The molecule has 0 unspecified atom stereocenters. The first kappa shape index (κ1) is 33.2. The van der Waals surface area contributed by atoms with Crippen molar-refractivity contribution in [3.05, 3.63) is 87.9 Å². The van der Waals surface area contributed by atoms with Crippen molar-refractivity contribution >= 4 is 50.7 Å². The zero-order valence-electron chi connectivity index (χ0n) is 24.3. The largest absolute Gasteiger partial charge is 0.497 e. The normalized spacial score (nSPS) is 12.0. The number of hydrogen-bond donors (Lipinski definition) is 1. The van der Waals surface area contributed by atoms with Crippen LogP contribution in [0.4, 0.5) is 5.69 Å². The van der Waals surface area contributed by atoms with Gasteiger partial charge in [-0.05, 0) is 67.8 Å². The number of methoxy groups -OCH3 is 1. The van der Waals surface area contributed by atoms with Gasteiger partial charge in [0.05, 0.1) is 22.7 Å². The van der Waals surface area contributed by atoms with Crippen molar-refractivity contribution in [3.8, 4) is 5.75 Å². The van der Waals surface area contributed by atoms with Crippen molar-refractivity contribution in [2.75, 3.05) is 24.5 Å². The quantitative estimate of drug-likeness (QED) is 0.212. The molecule has 0 saturated carbocycles. The van der Waals surface area contributed by atoms with Crippen LogP contribution in [0.3, 0.4) is 0 Å². The van der Waals surface area contributed by atoms with Gasteiger partial charge in [-0.25, -0.2) is 8.42 Å². The summed E-state index contributed by atoms with van der Waals surface area (Å²) in [6.45, 7) is 5.59. The van der Waals surface area contributed by atoms with E-state index in [0.29, 0.717) is 18.7 Å². The van der Waals surface area contributed by atoms with Crippen molar-refractivity contribution in [2.45, 2.75) is 57.5 Å². The lowest BCUT2D eigenvalue weighted by atomic mass is 10.1. The van der Waals surface area contributed by atoms with E-state index in [1.54, 1.807) is 37.4 Å². The molecule has 3 rings (SSSR count). The van der Waals surface area contributed by atoms with Gasteiger partial charge in [0.15, 0.2) is 0 Å². The molecule has 0 aliphatic carbocycles. The van der Waals surface area contributed by atoms with Gasteiger partial charge in [0.2, 0.25) is 11.8 Å². The van der Waals surface area contributed by atoms with Gasteiger partial charge in [0.25, 0.3) is 10.0 Å². The number of unbranched alkanes of at least 4 members (excludes halogenated alkanes) is 1. The fourth-order valence-corrected chi connectivity index (χ4v) is 6.28. The molecule has 0 aliphatic heterocycles. The molecule has 0 radical (unpaired) electrons. The molecule has 0 saturated heterocycles. The fraction of sp³-hybridized carbons (Fsp3) is 0.355. The summed E-state index contributed by atoms with van der Waals surface area (Å²) in [5.41, 5.74) is 1.65. The van der Waals surface area contributed by atoms with E-state index >= 15 is 0 Å². The summed E-state index contributed by atoms with van der Waals surface area (Å²) < 4.78 is 34.3. The van der Waals surface area contributed by atoms with E-state index in [2.05, 4.69) is 5.32 Å². The maximum atomic E-state index is 14.2. The molecule has 226 valence electrons. The number of benzene rings is 3. The average molecular weight is 635 g/mol. The number of hydrogen-bond acceptors (Lipinski definition) is 5. The van der Waals surface area contributed by atoms with E-state index in [1.807, 2.05) is 26.8 Å². The molecule has 2 amide bonds. The Morgan fingerprint density at radius 2 is 1.71 bits per heavy atom. The first-order valence-electron chi connectivity index (χ1n) is 13.8. The Labute approximate surface area is 258 Å². The van der Waals surface area contributed by atoms with Crippen molar-refractivity contribution in [1.29, 1.82) is 0 Å². The zero-order valence-corrected chi connectivity index (χ0v) is 26.6. The second-order valence-electron chi connectivity index (χ2n) is 9.86. The molecule has 3 aromatic rings. The summed E-state index contributed by atoms with van der Waals surface area (Å²) in [4.78, 5) is 28.9. The minimum absolute atomic E-state index is 0.0133. The number of amides is 2. The van der Waals surface area contributed by atoms with Gasteiger partial charge in [-0.3, -0.25) is 13.9 Å². The highest BCUT2D eigenvalue weighted by Crippen LogP contribution is 2.33. The molecule has 0 aliphatic rings. The molecule has 1 atom stereocenters. The van der Waals surface area contributed by atoms with Gasteiger partial charge in [-0.15, -0.1) is 0 Å². The Balaban J connectivity index is 2.09. The average Bonchev–Trinajstić information content (AvgIpc) is 2.97. The molecular formula is C31H37Cl2N3O5S. The van der Waals surface area contributed by atoms with E-state index in [0.717, 1.165) is 28.3 Å². The lowest BCUT2D eigenvalue weighted by molar-refractivity contribution is -0.140. The molecule has 1 N–H and O–H groups in total. The van der Waals surface area contributed by atoms with Gasteiger partial charge in [0.1, 0.15) is 18.3 Å². The van der Waals surface area contributed by atoms with Crippen molar-refractivity contribution in [2.24, 2.45) is 0 Å². The topological polar surface area (TPSA) is 96.0 Å². The minimum atomic E-state index is -4.27. The standard InChI is InChI=1S/C31H37Cl2N3O5S/c1-5-7-17-34-31(38)28(6-2)35(20-23-9-8-10-25(18-23)41-4)30(37)21-36(29-19-24(32)13-16-27(29)33)42(39,40)26-14-11-22(3)12-15-26/h8-16,18-19,28H,5-7,17,20-21H2,1-4H3,(H,34,38)/t28-/m0/s1. The Morgan fingerprint density at radius 3 is 2.36 bits per heavy atom. The van der Waals surface area contributed by atoms with Crippen molar-refractivity contribution < 1.29 is 22.7 Å². The molecule has 42 heavy (non-hydrogen) atoms. The maximum Gasteiger partial charge on any atom is 0.264 e. The summed E-state index contributed by atoms with van der Waals surface area (Å²) in [6.07, 6.45) is 2.01. The number of rotatable bonds is 14. The van der Waals surface area contributed by atoms with Gasteiger partial charge >= 0.3 is 0 Å². The van der Waals surface area contributed by atoms with Crippen molar-refractivity contribution in [1.82, 2.24) is 10.2 Å². The number of sulfonamides is 1. The Kier molecular flexibility index (Phi) is 12.1. The van der Waals surface area contributed by atoms with Crippen LogP contribution in [0.1, 0.15) is 44.2 Å². The molecule has 3 aromatic carbocycles. The molecule has 11 heteroatoms. The van der Waals surface area contributed by atoms with Gasteiger partial charge < -0.3 is 15.0 Å². The first-order chi connectivity index (χ1) is 20.0. The zero-order chi connectivity index (χ0) is 30.9. The summed E-state index contributed by atoms with van der Waals surface area (Å²) in [7, 11) is -2.73. The van der Waals surface area contributed by atoms with Crippen LogP contribution >= 0.6 is 23.2 Å². The minimum Gasteiger partial charge on any atom is -0.497 e. The molecule has 0 spiro atoms. The van der Waals surface area contributed by atoms with Crippen LogP contribution in [-0.4, -0.2) is 51.4 Å². The van der Waals surface area contributed by atoms with Crippen molar-refractivity contribution in [3.63, 3.8) is 0 Å². The monoisotopic (exact) mass is 633 g/mol. The van der Waals surface area contributed by atoms with Crippen LogP contribution in [0, 0.1) is 6.92 Å². The van der Waals surface area contributed by atoms with E-state index in [1.165, 1.54) is 35.2 Å². The van der Waals surface area contributed by atoms with Crippen LogP contribution < -0.4 is 14.4 Å². The molecule has 8 nitrogen and oxygen atoms in total. The molecule has 0 fully saturated rings. The lowest BCUT2D eigenvalue weighted by Gasteiger charge is -2.33. The highest BCUT2D eigenvalue weighted by atomic mass is 35.5. The summed E-state index contributed by atoms with van der Waals surface area (Å²) in [5.74, 6) is -0.299. The predicted octanol–water partition coefficient (Wildman–Crippen LogP) is 6.23. The highest BCUT2D eigenvalue weighted by molar-refractivity contribution is 7.92. The Morgan fingerprint density at radius 1 is 1.00 bits per heavy atom. The van der Waals surface area contributed by atoms with Crippen LogP contribution in [0.2, 0.25) is 10.0 Å². The number of ether oxygens (including phenoxy) is 1. The Hall–Kier alpha value is -3.27. The SMILES string of the molecule is CCCCNC(=O)[C@H](CC)N(Cc1cccc(OC)c1)C(=O)CN(c1cc(Cl)ccc1Cl)S(=O)(=O)c1ccc(C)cc1. The van der Waals surface area contributed by atoms with E-state index in [-0.39, 0.29) is 33.1 Å². The number of nitrogens with zero attached hydrogens (tertiary/aromatic N) is 2. The van der Waals surface area contributed by atoms with Gasteiger partial charge in [0, 0.05) is 18.1 Å². The van der Waals surface area contributed by atoms with Gasteiger partial charge in [-0.2, -0.15) is 0 Å². The van der Waals surface area contributed by atoms with Crippen LogP contribution in [0.15, 0.2) is 71.6 Å². The number of carbonyl (C=O) groups excluding carboxylic acids is 2. The molecule has 0 aromatic heterocycles. The summed E-state index contributed by atoms with van der Waals surface area (Å²) in [6, 6.07) is 17.0. The van der Waals surface area contributed by atoms with E-state index in [4.69, 9.17) is 27.9 Å². The van der Waals surface area contributed by atoms with E-state index < -0.39 is 28.5 Å². The Bertz CT molecular complexity index is 1480. The fourth-order valence-electron chi connectivity index (χ4n) is 4.42. The van der Waals surface area contributed by atoms with Gasteiger partial charge in [-0.1, -0.05) is 73.3 Å². The molecule has 0 heterocycles. The van der Waals surface area contributed by atoms with Crippen LogP contribution in [-0.2, 0) is 26.2 Å². The third kappa shape index (κ3) is 8.40. The smallest absolute Gasteiger partial charge is 0.264 e. The number of aryl methyl sites for hydroxylation is 1. The highest BCUT2D eigenvalue weighted by Gasteiger charge is 2.34. The second kappa shape index (κ2) is 15.3. The first-order valence-corrected chi connectivity index (χ1v) is 16.0. The third-order valence-corrected chi connectivity index (χ3v) is 9.10. The summed E-state index contributed by atoms with van der Waals surface area (Å²) in [5, 5.41) is 3.27. The maximum absolute atomic E-state index is 14.2.